The summed E-state index contributed by atoms with van der Waals surface area (Å²) in [4.78, 5) is 19.3. The topological polar surface area (TPSA) is 41.0 Å². The van der Waals surface area contributed by atoms with E-state index in [1.165, 1.54) is 21.3 Å². The number of thiophene rings is 1. The molecule has 4 nitrogen and oxygen atoms in total. The van der Waals surface area contributed by atoms with Crippen molar-refractivity contribution in [2.45, 2.75) is 36.4 Å². The molecular formula is C20H25N3OS2. The van der Waals surface area contributed by atoms with Crippen molar-refractivity contribution in [2.24, 2.45) is 0 Å². The van der Waals surface area contributed by atoms with Gasteiger partial charge in [0.15, 0.2) is 0 Å². The number of aromatic amines is 1. The lowest BCUT2D eigenvalue weighted by molar-refractivity contribution is 0.187. The van der Waals surface area contributed by atoms with E-state index in [0.29, 0.717) is 6.04 Å². The van der Waals surface area contributed by atoms with Crippen LogP contribution in [0, 0.1) is 6.92 Å². The average Bonchev–Trinajstić information content (AvgIpc) is 3.21. The number of piperidine rings is 1. The number of rotatable bonds is 6. The van der Waals surface area contributed by atoms with E-state index in [1.54, 1.807) is 0 Å². The number of hydrogen-bond donors (Lipinski definition) is 1. The Labute approximate surface area is 162 Å². The maximum absolute atomic E-state index is 12.4. The van der Waals surface area contributed by atoms with Crippen LogP contribution < -0.4 is 5.69 Å². The number of benzene rings is 1. The molecule has 4 rings (SSSR count). The minimum Gasteiger partial charge on any atom is -0.306 e. The first-order valence-electron chi connectivity index (χ1n) is 9.31. The number of para-hydroxylation sites is 2. The Kier molecular flexibility index (Phi) is 5.52. The molecule has 0 aliphatic carbocycles. The zero-order valence-electron chi connectivity index (χ0n) is 15.1. The highest BCUT2D eigenvalue weighted by atomic mass is 32.2. The van der Waals surface area contributed by atoms with Crippen LogP contribution in [0.3, 0.4) is 0 Å². The number of likely N-dealkylation sites (tertiary alicyclic amines) is 1. The lowest BCUT2D eigenvalue weighted by Gasteiger charge is -2.32. The van der Waals surface area contributed by atoms with E-state index >= 15 is 0 Å². The van der Waals surface area contributed by atoms with Crippen LogP contribution in [0.5, 0.6) is 0 Å². The molecule has 0 unspecified atom stereocenters. The number of imidazole rings is 1. The quantitative estimate of drug-likeness (QED) is 0.499. The molecule has 0 spiro atoms. The molecule has 3 aromatic rings. The number of thioether (sulfide) groups is 1. The maximum atomic E-state index is 12.4. The molecule has 2 aromatic heterocycles. The van der Waals surface area contributed by atoms with Gasteiger partial charge in [0.1, 0.15) is 0 Å². The van der Waals surface area contributed by atoms with Crippen molar-refractivity contribution >= 4 is 34.1 Å². The summed E-state index contributed by atoms with van der Waals surface area (Å²) in [6.45, 7) is 5.49. The smallest absolute Gasteiger partial charge is 0.306 e. The largest absolute Gasteiger partial charge is 0.326 e. The third-order valence-electron chi connectivity index (χ3n) is 5.12. The summed E-state index contributed by atoms with van der Waals surface area (Å²) < 4.78 is 3.40. The minimum atomic E-state index is 0.0345. The van der Waals surface area contributed by atoms with Gasteiger partial charge in [0.2, 0.25) is 0 Å². The number of H-pyrrole nitrogens is 1. The highest BCUT2D eigenvalue weighted by molar-refractivity contribution is 8.01. The predicted octanol–water partition coefficient (Wildman–Crippen LogP) is 4.52. The molecule has 1 saturated heterocycles. The molecular weight excluding hydrogens is 362 g/mol. The number of fused-ring (bicyclic) bond motifs is 1. The van der Waals surface area contributed by atoms with Crippen LogP contribution in [0.1, 0.15) is 30.2 Å². The van der Waals surface area contributed by atoms with Gasteiger partial charge in [0.25, 0.3) is 0 Å². The number of nitrogens with zero attached hydrogens (tertiary/aromatic N) is 2. The number of aromatic nitrogens is 2. The van der Waals surface area contributed by atoms with E-state index in [-0.39, 0.29) is 5.69 Å². The number of hydrogen-bond acceptors (Lipinski definition) is 4. The molecule has 0 bridgehead atoms. The minimum absolute atomic E-state index is 0.0345. The summed E-state index contributed by atoms with van der Waals surface area (Å²) >= 11 is 3.86. The Balaban J connectivity index is 1.27. The van der Waals surface area contributed by atoms with Crippen molar-refractivity contribution in [3.05, 3.63) is 51.8 Å². The van der Waals surface area contributed by atoms with Crippen molar-refractivity contribution in [1.29, 1.82) is 0 Å². The van der Waals surface area contributed by atoms with Crippen molar-refractivity contribution in [1.82, 2.24) is 14.5 Å². The number of aryl methyl sites for hydroxylation is 1. The van der Waals surface area contributed by atoms with E-state index in [4.69, 9.17) is 0 Å². The molecule has 3 heterocycles. The van der Waals surface area contributed by atoms with Crippen LogP contribution in [0.15, 0.2) is 45.4 Å². The van der Waals surface area contributed by atoms with Gasteiger partial charge in [0.05, 0.1) is 15.2 Å². The standard InChI is InChI=1S/C20H25N3OS2/c1-15-7-8-19(26-15)25-14-4-11-22-12-9-16(10-13-22)23-18-6-3-2-5-17(18)21-20(23)24/h2-3,5-8,16H,4,9-14H2,1H3,(H,21,24). The van der Waals surface area contributed by atoms with Crippen LogP contribution >= 0.6 is 23.1 Å². The van der Waals surface area contributed by atoms with E-state index in [1.807, 2.05) is 51.9 Å². The summed E-state index contributed by atoms with van der Waals surface area (Å²) in [5.74, 6) is 1.18. The SMILES string of the molecule is Cc1ccc(SCCCN2CCC(n3c(=O)[nH]c4ccccc43)CC2)s1. The Bertz CT molecular complexity index is 918. The first-order valence-corrected chi connectivity index (χ1v) is 11.1. The Morgan fingerprint density at radius 2 is 2.00 bits per heavy atom. The fourth-order valence-corrected chi connectivity index (χ4v) is 5.90. The van der Waals surface area contributed by atoms with Crippen LogP contribution in [0.4, 0.5) is 0 Å². The van der Waals surface area contributed by atoms with Crippen molar-refractivity contribution in [3.8, 4) is 0 Å². The Morgan fingerprint density at radius 1 is 1.19 bits per heavy atom. The maximum Gasteiger partial charge on any atom is 0.326 e. The third-order valence-corrected chi connectivity index (χ3v) is 7.44. The van der Waals surface area contributed by atoms with E-state index in [0.717, 1.165) is 43.5 Å². The van der Waals surface area contributed by atoms with Crippen molar-refractivity contribution in [2.75, 3.05) is 25.4 Å². The monoisotopic (exact) mass is 387 g/mol. The highest BCUT2D eigenvalue weighted by Gasteiger charge is 2.23. The molecule has 1 N–H and O–H groups in total. The third kappa shape index (κ3) is 3.92. The van der Waals surface area contributed by atoms with Gasteiger partial charge in [-0.2, -0.15) is 0 Å². The van der Waals surface area contributed by atoms with Gasteiger partial charge in [-0.1, -0.05) is 12.1 Å². The second kappa shape index (κ2) is 8.03. The summed E-state index contributed by atoms with van der Waals surface area (Å²) in [7, 11) is 0. The first kappa shape index (κ1) is 17.9. The highest BCUT2D eigenvalue weighted by Crippen LogP contribution is 2.28. The molecule has 26 heavy (non-hydrogen) atoms. The summed E-state index contributed by atoms with van der Waals surface area (Å²) in [5.41, 5.74) is 2.02. The zero-order chi connectivity index (χ0) is 17.9. The van der Waals surface area contributed by atoms with Gasteiger partial charge in [-0.25, -0.2) is 4.79 Å². The molecule has 138 valence electrons. The molecule has 1 fully saturated rings. The normalized spacial score (nSPS) is 16.5. The fraction of sp³-hybridized carbons (Fsp3) is 0.450. The number of nitrogens with one attached hydrogen (secondary N) is 1. The first-order chi connectivity index (χ1) is 12.7. The van der Waals surface area contributed by atoms with Crippen LogP contribution in [-0.4, -0.2) is 39.8 Å². The van der Waals surface area contributed by atoms with Crippen molar-refractivity contribution < 1.29 is 0 Å². The van der Waals surface area contributed by atoms with Gasteiger partial charge in [-0.3, -0.25) is 4.57 Å². The van der Waals surface area contributed by atoms with Gasteiger partial charge in [-0.15, -0.1) is 23.1 Å². The Hall–Kier alpha value is -1.50. The van der Waals surface area contributed by atoms with Crippen LogP contribution in [-0.2, 0) is 0 Å². The Morgan fingerprint density at radius 3 is 2.77 bits per heavy atom. The lowest BCUT2D eigenvalue weighted by atomic mass is 10.0. The van der Waals surface area contributed by atoms with Gasteiger partial charge < -0.3 is 9.88 Å². The predicted molar refractivity (Wildman–Crippen MR) is 112 cm³/mol. The fourth-order valence-electron chi connectivity index (χ4n) is 3.79. The van der Waals surface area contributed by atoms with E-state index in [2.05, 4.69) is 28.9 Å². The molecule has 0 radical (unpaired) electrons. The van der Waals surface area contributed by atoms with Crippen molar-refractivity contribution in [3.63, 3.8) is 0 Å². The van der Waals surface area contributed by atoms with Gasteiger partial charge in [-0.05, 0) is 57.0 Å². The second-order valence-electron chi connectivity index (χ2n) is 6.96. The van der Waals surface area contributed by atoms with Gasteiger partial charge in [0, 0.05) is 29.8 Å². The molecule has 1 aromatic carbocycles. The van der Waals surface area contributed by atoms with E-state index in [9.17, 15) is 4.79 Å². The van der Waals surface area contributed by atoms with Crippen LogP contribution in [0.25, 0.3) is 11.0 Å². The van der Waals surface area contributed by atoms with E-state index < -0.39 is 0 Å². The zero-order valence-corrected chi connectivity index (χ0v) is 16.7. The average molecular weight is 388 g/mol. The molecule has 0 amide bonds. The van der Waals surface area contributed by atoms with Gasteiger partial charge >= 0.3 is 5.69 Å². The summed E-state index contributed by atoms with van der Waals surface area (Å²) in [5, 5.41) is 0. The summed E-state index contributed by atoms with van der Waals surface area (Å²) in [6, 6.07) is 12.8. The molecule has 6 heteroatoms. The molecule has 1 aliphatic heterocycles. The second-order valence-corrected chi connectivity index (χ2v) is 9.64. The molecule has 1 aliphatic rings. The lowest BCUT2D eigenvalue weighted by Crippen LogP contribution is -2.37. The molecule has 0 saturated carbocycles. The summed E-state index contributed by atoms with van der Waals surface area (Å²) in [6.07, 6.45) is 3.33. The van der Waals surface area contributed by atoms with Crippen LogP contribution in [0.2, 0.25) is 0 Å². The molecule has 0 atom stereocenters.